The molecule has 3 aromatic carbocycles. The highest BCUT2D eigenvalue weighted by atomic mass is 79.9. The lowest BCUT2D eigenvalue weighted by atomic mass is 10.1. The van der Waals surface area contributed by atoms with Gasteiger partial charge in [0.2, 0.25) is 0 Å². The number of benzene rings is 3. The summed E-state index contributed by atoms with van der Waals surface area (Å²) in [6.45, 7) is 0. The molecular formula is C16H12BrNO2S. The highest BCUT2D eigenvalue weighted by Crippen LogP contribution is 2.26. The van der Waals surface area contributed by atoms with Crippen molar-refractivity contribution in [3.05, 3.63) is 71.2 Å². The largest absolute Gasteiger partial charge is 0.279 e. The molecule has 0 saturated heterocycles. The Kier molecular flexibility index (Phi) is 3.69. The number of rotatable bonds is 3. The van der Waals surface area contributed by atoms with E-state index in [1.165, 1.54) is 0 Å². The molecule has 0 aliphatic rings. The average Bonchev–Trinajstić information content (AvgIpc) is 2.47. The molecule has 1 N–H and O–H groups in total. The first-order valence-corrected chi connectivity index (χ1v) is 8.60. The first kappa shape index (κ1) is 14.1. The van der Waals surface area contributed by atoms with Gasteiger partial charge in [0.1, 0.15) is 0 Å². The predicted molar refractivity (Wildman–Crippen MR) is 88.9 cm³/mol. The van der Waals surface area contributed by atoms with Gasteiger partial charge in [0.05, 0.1) is 10.6 Å². The summed E-state index contributed by atoms with van der Waals surface area (Å²) in [5.74, 6) is 0. The smallest absolute Gasteiger partial charge is 0.261 e. The molecule has 0 heterocycles. The first-order chi connectivity index (χ1) is 10.1. The average molecular weight is 362 g/mol. The molecule has 21 heavy (non-hydrogen) atoms. The van der Waals surface area contributed by atoms with Crippen LogP contribution in [-0.4, -0.2) is 8.42 Å². The quantitative estimate of drug-likeness (QED) is 0.751. The minimum atomic E-state index is -3.61. The van der Waals surface area contributed by atoms with E-state index in [1.54, 1.807) is 30.3 Å². The zero-order valence-corrected chi connectivity index (χ0v) is 13.4. The zero-order chi connectivity index (χ0) is 14.9. The van der Waals surface area contributed by atoms with Gasteiger partial charge in [-0.1, -0.05) is 58.4 Å². The van der Waals surface area contributed by atoms with Crippen LogP contribution in [0.2, 0.25) is 0 Å². The maximum Gasteiger partial charge on any atom is 0.261 e. The van der Waals surface area contributed by atoms with Gasteiger partial charge in [0.15, 0.2) is 0 Å². The van der Waals surface area contributed by atoms with Crippen molar-refractivity contribution in [3.8, 4) is 0 Å². The fourth-order valence-electron chi connectivity index (χ4n) is 2.15. The predicted octanol–water partition coefficient (Wildman–Crippen LogP) is 4.40. The molecule has 0 atom stereocenters. The molecule has 0 bridgehead atoms. The maximum atomic E-state index is 12.5. The topological polar surface area (TPSA) is 46.2 Å². The van der Waals surface area contributed by atoms with Crippen molar-refractivity contribution in [1.29, 1.82) is 0 Å². The van der Waals surface area contributed by atoms with Crippen LogP contribution in [0.25, 0.3) is 10.8 Å². The van der Waals surface area contributed by atoms with Gasteiger partial charge >= 0.3 is 0 Å². The summed E-state index contributed by atoms with van der Waals surface area (Å²) in [5, 5.41) is 1.87. The standard InChI is InChI=1S/C16H12BrNO2S/c17-13-7-4-8-14(11-13)21(19,20)18-16-10-3-6-12-5-1-2-9-15(12)16/h1-11,18H. The highest BCUT2D eigenvalue weighted by Gasteiger charge is 2.15. The van der Waals surface area contributed by atoms with Crippen LogP contribution in [0.3, 0.4) is 0 Å². The fraction of sp³-hybridized carbons (Fsp3) is 0. The molecule has 0 aliphatic carbocycles. The van der Waals surface area contributed by atoms with Gasteiger partial charge in [-0.3, -0.25) is 4.72 Å². The van der Waals surface area contributed by atoms with Crippen molar-refractivity contribution < 1.29 is 8.42 Å². The summed E-state index contributed by atoms with van der Waals surface area (Å²) in [6.07, 6.45) is 0. The number of hydrogen-bond donors (Lipinski definition) is 1. The maximum absolute atomic E-state index is 12.5. The second kappa shape index (κ2) is 5.50. The van der Waals surface area contributed by atoms with Crippen LogP contribution in [-0.2, 0) is 10.0 Å². The van der Waals surface area contributed by atoms with Crippen LogP contribution in [0.5, 0.6) is 0 Å². The van der Waals surface area contributed by atoms with E-state index in [0.29, 0.717) is 5.69 Å². The Morgan fingerprint density at radius 1 is 0.857 bits per heavy atom. The number of hydrogen-bond acceptors (Lipinski definition) is 2. The molecule has 0 radical (unpaired) electrons. The monoisotopic (exact) mass is 361 g/mol. The molecule has 3 nitrogen and oxygen atoms in total. The van der Waals surface area contributed by atoms with Crippen LogP contribution < -0.4 is 4.72 Å². The van der Waals surface area contributed by atoms with E-state index in [-0.39, 0.29) is 4.90 Å². The van der Waals surface area contributed by atoms with E-state index in [0.717, 1.165) is 15.2 Å². The van der Waals surface area contributed by atoms with E-state index >= 15 is 0 Å². The van der Waals surface area contributed by atoms with Crippen LogP contribution in [0.4, 0.5) is 5.69 Å². The van der Waals surface area contributed by atoms with Crippen molar-refractivity contribution in [1.82, 2.24) is 0 Å². The third kappa shape index (κ3) is 2.94. The molecule has 3 aromatic rings. The van der Waals surface area contributed by atoms with Crippen LogP contribution in [0.1, 0.15) is 0 Å². The second-order valence-electron chi connectivity index (χ2n) is 4.59. The van der Waals surface area contributed by atoms with Crippen molar-refractivity contribution in [2.75, 3.05) is 4.72 Å². The Morgan fingerprint density at radius 2 is 1.57 bits per heavy atom. The molecule has 0 fully saturated rings. The SMILES string of the molecule is O=S(=O)(Nc1cccc2ccccc12)c1cccc(Br)c1. The summed E-state index contributed by atoms with van der Waals surface area (Å²) < 4.78 is 28.3. The van der Waals surface area contributed by atoms with Gasteiger partial charge in [-0.2, -0.15) is 0 Å². The zero-order valence-electron chi connectivity index (χ0n) is 11.0. The van der Waals surface area contributed by atoms with Gasteiger partial charge in [-0.25, -0.2) is 8.42 Å². The lowest BCUT2D eigenvalue weighted by Gasteiger charge is -2.11. The van der Waals surface area contributed by atoms with Crippen molar-refractivity contribution in [3.63, 3.8) is 0 Å². The number of sulfonamides is 1. The van der Waals surface area contributed by atoms with Crippen molar-refractivity contribution in [2.24, 2.45) is 0 Å². The lowest BCUT2D eigenvalue weighted by Crippen LogP contribution is -2.13. The fourth-order valence-corrected chi connectivity index (χ4v) is 3.83. The number of fused-ring (bicyclic) bond motifs is 1. The summed E-state index contributed by atoms with van der Waals surface area (Å²) >= 11 is 3.29. The molecular weight excluding hydrogens is 350 g/mol. The highest BCUT2D eigenvalue weighted by molar-refractivity contribution is 9.10. The molecule has 0 spiro atoms. The van der Waals surface area contributed by atoms with Crippen LogP contribution >= 0.6 is 15.9 Å². The molecule has 5 heteroatoms. The third-order valence-corrected chi connectivity index (χ3v) is 5.00. The van der Waals surface area contributed by atoms with E-state index in [9.17, 15) is 8.42 Å². The van der Waals surface area contributed by atoms with Gasteiger partial charge < -0.3 is 0 Å². The van der Waals surface area contributed by atoms with Crippen LogP contribution in [0.15, 0.2) is 76.1 Å². The van der Waals surface area contributed by atoms with Crippen molar-refractivity contribution >= 4 is 42.4 Å². The minimum absolute atomic E-state index is 0.227. The molecule has 3 rings (SSSR count). The Balaban J connectivity index is 2.06. The van der Waals surface area contributed by atoms with Gasteiger partial charge in [-0.15, -0.1) is 0 Å². The second-order valence-corrected chi connectivity index (χ2v) is 7.19. The first-order valence-electron chi connectivity index (χ1n) is 6.32. The molecule has 0 amide bonds. The van der Waals surface area contributed by atoms with E-state index in [4.69, 9.17) is 0 Å². The lowest BCUT2D eigenvalue weighted by molar-refractivity contribution is 0.601. The number of anilines is 1. The van der Waals surface area contributed by atoms with Gasteiger partial charge in [-0.05, 0) is 29.7 Å². The van der Waals surface area contributed by atoms with Crippen LogP contribution in [0, 0.1) is 0 Å². The van der Waals surface area contributed by atoms with Gasteiger partial charge in [0.25, 0.3) is 10.0 Å². The summed E-state index contributed by atoms with van der Waals surface area (Å²) in [4.78, 5) is 0.227. The van der Waals surface area contributed by atoms with E-state index in [2.05, 4.69) is 20.7 Å². The summed E-state index contributed by atoms with van der Waals surface area (Å²) in [6, 6.07) is 19.8. The number of halogens is 1. The molecule has 106 valence electrons. The Hall–Kier alpha value is -1.85. The molecule has 0 saturated carbocycles. The molecule has 0 aliphatic heterocycles. The minimum Gasteiger partial charge on any atom is -0.279 e. The summed E-state index contributed by atoms with van der Waals surface area (Å²) in [7, 11) is -3.61. The third-order valence-electron chi connectivity index (χ3n) is 3.14. The molecule has 0 aromatic heterocycles. The van der Waals surface area contributed by atoms with Gasteiger partial charge in [0, 0.05) is 9.86 Å². The normalized spacial score (nSPS) is 11.5. The number of nitrogens with one attached hydrogen (secondary N) is 1. The Morgan fingerprint density at radius 3 is 2.38 bits per heavy atom. The van der Waals surface area contributed by atoms with E-state index < -0.39 is 10.0 Å². The summed E-state index contributed by atoms with van der Waals surface area (Å²) in [5.41, 5.74) is 0.577. The van der Waals surface area contributed by atoms with E-state index in [1.807, 2.05) is 36.4 Å². The molecule has 0 unspecified atom stereocenters. The Bertz CT molecular complexity index is 902. The van der Waals surface area contributed by atoms with Crippen molar-refractivity contribution in [2.45, 2.75) is 4.90 Å². The Labute approximate surface area is 131 Å².